The number of hydrogen-bond donors (Lipinski definition) is 0. The van der Waals surface area contributed by atoms with Crippen LogP contribution < -0.4 is 4.90 Å². The highest BCUT2D eigenvalue weighted by Gasteiger charge is 2.53. The van der Waals surface area contributed by atoms with Gasteiger partial charge in [-0.05, 0) is 132 Å². The number of nitrogens with zero attached hydrogens (tertiary/aromatic N) is 2. The first kappa shape index (κ1) is 41.8. The van der Waals surface area contributed by atoms with Crippen LogP contribution in [0.5, 0.6) is 0 Å². The number of para-hydroxylation sites is 3. The van der Waals surface area contributed by atoms with Gasteiger partial charge in [0.15, 0.2) is 0 Å². The summed E-state index contributed by atoms with van der Waals surface area (Å²) < 4.78 is 5.18. The van der Waals surface area contributed by atoms with E-state index in [9.17, 15) is 0 Å². The van der Waals surface area contributed by atoms with Crippen LogP contribution in [0.1, 0.15) is 44.5 Å². The molecule has 0 bridgehead atoms. The average molecular weight is 993 g/mol. The quantitative estimate of drug-likeness (QED) is 0.171. The zero-order chi connectivity index (χ0) is 50.1. The van der Waals surface area contributed by atoms with E-state index in [0.29, 0.717) is 0 Å². The Morgan fingerprint density at radius 3 is 1.58 bits per heavy atom. The highest BCUT2D eigenvalue weighted by Crippen LogP contribution is 2.66. The Morgan fingerprint density at radius 2 is 0.831 bits per heavy atom. The van der Waals surface area contributed by atoms with Crippen molar-refractivity contribution in [1.82, 2.24) is 4.57 Å². The van der Waals surface area contributed by atoms with Crippen LogP contribution in [0.3, 0.4) is 0 Å². The number of rotatable bonds is 4. The highest BCUT2D eigenvalue weighted by atomic mass is 32.1. The molecule has 77 heavy (non-hydrogen) atoms. The number of aromatic nitrogens is 1. The summed E-state index contributed by atoms with van der Waals surface area (Å²) in [6.07, 6.45) is 0. The summed E-state index contributed by atoms with van der Waals surface area (Å²) >= 11 is 1.89. The first-order chi connectivity index (χ1) is 38.2. The minimum atomic E-state index is -0.595. The SMILES string of the molecule is c1ccc2c(c1)-c1ccccc1C21c2ccccc2-c2ccc(N(c3ccc(-c4cccc5c4sc4ccccc45)cc3)c3cccc4c3-c3ccccc3C43c4ccccc4-n4c5ccccc5c5cccc3c54)cc21. The molecule has 2 aromatic heterocycles. The molecule has 0 fully saturated rings. The van der Waals surface area contributed by atoms with E-state index >= 15 is 0 Å². The second-order valence-electron chi connectivity index (χ2n) is 21.3. The van der Waals surface area contributed by atoms with Crippen molar-refractivity contribution in [3.63, 3.8) is 0 Å². The van der Waals surface area contributed by atoms with E-state index in [1.54, 1.807) is 0 Å². The third-order valence-corrected chi connectivity index (χ3v) is 19.2. The summed E-state index contributed by atoms with van der Waals surface area (Å²) in [5.41, 5.74) is 26.8. The number of hydrogen-bond acceptors (Lipinski definition) is 2. The molecular formula is C74H44N2S. The van der Waals surface area contributed by atoms with Crippen molar-refractivity contribution in [3.05, 3.63) is 311 Å². The summed E-state index contributed by atoms with van der Waals surface area (Å²) in [6.45, 7) is 0. The molecule has 18 rings (SSSR count). The molecule has 2 spiro atoms. The van der Waals surface area contributed by atoms with Gasteiger partial charge in [-0.1, -0.05) is 218 Å². The van der Waals surface area contributed by atoms with Crippen molar-refractivity contribution in [2.24, 2.45) is 0 Å². The molecule has 1 unspecified atom stereocenters. The number of benzene rings is 12. The maximum absolute atomic E-state index is 2.58. The predicted octanol–water partition coefficient (Wildman–Crippen LogP) is 19.3. The van der Waals surface area contributed by atoms with Gasteiger partial charge in [0.25, 0.3) is 0 Å². The lowest BCUT2D eigenvalue weighted by Gasteiger charge is -2.39. The normalized spacial score (nSPS) is 15.4. The molecule has 2 nitrogen and oxygen atoms in total. The van der Waals surface area contributed by atoms with Gasteiger partial charge in [0.05, 0.1) is 33.2 Å². The van der Waals surface area contributed by atoms with E-state index < -0.39 is 10.8 Å². The van der Waals surface area contributed by atoms with Gasteiger partial charge in [-0.2, -0.15) is 0 Å². The van der Waals surface area contributed by atoms with Crippen LogP contribution in [0.15, 0.2) is 267 Å². The van der Waals surface area contributed by atoms with E-state index in [1.807, 2.05) is 11.3 Å². The van der Waals surface area contributed by atoms with E-state index in [-0.39, 0.29) is 0 Å². The zero-order valence-electron chi connectivity index (χ0n) is 41.7. The van der Waals surface area contributed by atoms with Crippen molar-refractivity contribution < 1.29 is 0 Å². The summed E-state index contributed by atoms with van der Waals surface area (Å²) in [7, 11) is 0. The molecular weight excluding hydrogens is 949 g/mol. The van der Waals surface area contributed by atoms with Gasteiger partial charge < -0.3 is 9.47 Å². The average Bonchev–Trinajstić information content (AvgIpc) is 4.27. The monoisotopic (exact) mass is 992 g/mol. The van der Waals surface area contributed by atoms with Crippen molar-refractivity contribution in [2.75, 3.05) is 4.90 Å². The van der Waals surface area contributed by atoms with Gasteiger partial charge in [0, 0.05) is 47.9 Å². The Balaban J connectivity index is 0.920. The van der Waals surface area contributed by atoms with Crippen LogP contribution in [-0.4, -0.2) is 4.57 Å². The zero-order valence-corrected chi connectivity index (χ0v) is 42.5. The van der Waals surface area contributed by atoms with Gasteiger partial charge in [-0.3, -0.25) is 0 Å². The summed E-state index contributed by atoms with van der Waals surface area (Å²) in [4.78, 5) is 2.58. The fourth-order valence-corrected chi connectivity index (χ4v) is 16.4. The molecule has 4 aliphatic rings. The molecule has 0 N–H and O–H groups in total. The molecule has 1 atom stereocenters. The van der Waals surface area contributed by atoms with Crippen LogP contribution in [-0.2, 0) is 10.8 Å². The van der Waals surface area contributed by atoms with Crippen LogP contribution in [0.2, 0.25) is 0 Å². The van der Waals surface area contributed by atoms with Crippen LogP contribution in [0.25, 0.3) is 92.2 Å². The molecule has 1 aliphatic heterocycles. The Labute approximate surface area is 449 Å². The lowest BCUT2D eigenvalue weighted by molar-refractivity contribution is 0.748. The van der Waals surface area contributed by atoms with E-state index in [4.69, 9.17) is 0 Å². The lowest BCUT2D eigenvalue weighted by Crippen LogP contribution is -2.33. The van der Waals surface area contributed by atoms with Gasteiger partial charge in [0.1, 0.15) is 0 Å². The predicted molar refractivity (Wildman–Crippen MR) is 321 cm³/mol. The Hall–Kier alpha value is -9.54. The van der Waals surface area contributed by atoms with Crippen molar-refractivity contribution in [1.29, 1.82) is 0 Å². The number of thiophene rings is 1. The molecule has 14 aromatic rings. The summed E-state index contributed by atoms with van der Waals surface area (Å²) in [6, 6.07) is 101. The minimum absolute atomic E-state index is 0.494. The van der Waals surface area contributed by atoms with Gasteiger partial charge >= 0.3 is 0 Å². The Morgan fingerprint density at radius 1 is 0.325 bits per heavy atom. The third kappa shape index (κ3) is 5.11. The molecule has 0 saturated heterocycles. The number of anilines is 3. The summed E-state index contributed by atoms with van der Waals surface area (Å²) in [5.74, 6) is 0. The molecule has 0 saturated carbocycles. The van der Waals surface area contributed by atoms with Crippen molar-refractivity contribution >= 4 is 70.4 Å². The lowest BCUT2D eigenvalue weighted by atomic mass is 9.65. The van der Waals surface area contributed by atoms with E-state index in [1.165, 1.54) is 137 Å². The van der Waals surface area contributed by atoms with E-state index in [0.717, 1.165) is 17.1 Å². The maximum Gasteiger partial charge on any atom is 0.0755 e. The first-order valence-electron chi connectivity index (χ1n) is 26.8. The largest absolute Gasteiger partial charge is 0.310 e. The van der Waals surface area contributed by atoms with E-state index in [2.05, 4.69) is 276 Å². The topological polar surface area (TPSA) is 8.17 Å². The smallest absolute Gasteiger partial charge is 0.0755 e. The van der Waals surface area contributed by atoms with Crippen molar-refractivity contribution in [3.8, 4) is 50.2 Å². The molecule has 3 heteroatoms. The van der Waals surface area contributed by atoms with Crippen LogP contribution in [0, 0.1) is 0 Å². The summed E-state index contributed by atoms with van der Waals surface area (Å²) in [5, 5.41) is 5.18. The highest BCUT2D eigenvalue weighted by molar-refractivity contribution is 7.26. The standard InChI is InChI=1S/C74H44N2S/c1-7-27-58-49(18-1)50-19-2-8-28-59(50)73(58)60-29-9-3-20-51(60)52-43-42-47(44-65(52)73)75(46-40-38-45(39-41-46)48-24-15-26-56-54-22-6-14-37-69(54)77-72(48)56)68-36-17-32-63-70(68)57-23-4-10-30-61(57)74(63)62-31-11-13-35-67(62)76-66-34-12-5-21-53(66)55-25-16-33-64(74)71(55)76/h1-44H. The van der Waals surface area contributed by atoms with Crippen LogP contribution >= 0.6 is 11.3 Å². The number of fused-ring (bicyclic) bond motifs is 25. The van der Waals surface area contributed by atoms with Gasteiger partial charge in [0.2, 0.25) is 0 Å². The Bertz CT molecular complexity index is 4830. The molecule has 12 aromatic carbocycles. The fraction of sp³-hybridized carbons (Fsp3) is 0.0270. The van der Waals surface area contributed by atoms with Gasteiger partial charge in [-0.25, -0.2) is 0 Å². The molecule has 0 amide bonds. The van der Waals surface area contributed by atoms with Crippen molar-refractivity contribution in [2.45, 2.75) is 10.8 Å². The second-order valence-corrected chi connectivity index (χ2v) is 22.4. The minimum Gasteiger partial charge on any atom is -0.310 e. The second kappa shape index (κ2) is 15.1. The van der Waals surface area contributed by atoms with Crippen LogP contribution in [0.4, 0.5) is 17.1 Å². The first-order valence-corrected chi connectivity index (χ1v) is 27.6. The Kier molecular flexibility index (Phi) is 8.18. The molecule has 3 heterocycles. The molecule has 0 radical (unpaired) electrons. The maximum atomic E-state index is 2.58. The third-order valence-electron chi connectivity index (χ3n) is 18.0. The van der Waals surface area contributed by atoms with Gasteiger partial charge in [-0.15, -0.1) is 11.3 Å². The molecule has 3 aliphatic carbocycles. The molecule has 356 valence electrons. The fourth-order valence-electron chi connectivity index (χ4n) is 15.2.